The topological polar surface area (TPSA) is 200 Å². The van der Waals surface area contributed by atoms with Gasteiger partial charge >= 0.3 is 12.2 Å². The molecule has 18 heteroatoms. The van der Waals surface area contributed by atoms with E-state index >= 15 is 0 Å². The maximum Gasteiger partial charge on any atom is 0.410 e. The Balaban J connectivity index is 1.04. The van der Waals surface area contributed by atoms with Gasteiger partial charge < -0.3 is 50.0 Å². The van der Waals surface area contributed by atoms with E-state index in [0.717, 1.165) is 24.0 Å². The molecule has 0 aromatic heterocycles. The van der Waals surface area contributed by atoms with Crippen LogP contribution in [-0.4, -0.2) is 183 Å². The van der Waals surface area contributed by atoms with Crippen molar-refractivity contribution in [2.75, 3.05) is 66.7 Å². The third-order valence-corrected chi connectivity index (χ3v) is 13.7. The zero-order chi connectivity index (χ0) is 50.2. The smallest absolute Gasteiger partial charge is 0.410 e. The highest BCUT2D eigenvalue weighted by Crippen LogP contribution is 2.27. The average Bonchev–Trinajstić information content (AvgIpc) is 4.19. The van der Waals surface area contributed by atoms with Gasteiger partial charge in [-0.25, -0.2) is 9.59 Å². The number of carbonyl (C=O) groups is 6. The summed E-state index contributed by atoms with van der Waals surface area (Å²) in [5, 5.41) is 11.6. The first-order valence-electron chi connectivity index (χ1n) is 24.5. The number of ether oxygens (including phenoxy) is 4. The Hall–Kier alpha value is -6.18. The molecule has 0 spiro atoms. The Morgan fingerprint density at radius 1 is 0.614 bits per heavy atom. The van der Waals surface area contributed by atoms with E-state index in [-0.39, 0.29) is 74.2 Å². The summed E-state index contributed by atoms with van der Waals surface area (Å²) in [6.45, 7) is 8.71. The molecular formula is C52H70N8O10. The molecule has 0 radical (unpaired) electrons. The van der Waals surface area contributed by atoms with Gasteiger partial charge in [-0.3, -0.25) is 29.0 Å². The van der Waals surface area contributed by atoms with Gasteiger partial charge in [0.1, 0.15) is 38.5 Å². The predicted octanol–water partition coefficient (Wildman–Crippen LogP) is 2.10. The maximum atomic E-state index is 14.3. The molecular weight excluding hydrogens is 897 g/mol. The number of nitrogens with one attached hydrogen (secondary N) is 4. The lowest BCUT2D eigenvalue weighted by atomic mass is 10.0. The highest BCUT2D eigenvalue weighted by molar-refractivity contribution is 5.91. The van der Waals surface area contributed by atoms with E-state index in [1.807, 2.05) is 60.7 Å². The predicted molar refractivity (Wildman–Crippen MR) is 261 cm³/mol. The van der Waals surface area contributed by atoms with E-state index in [1.54, 1.807) is 61.4 Å². The molecule has 18 nitrogen and oxygen atoms in total. The monoisotopic (exact) mass is 967 g/mol. The van der Waals surface area contributed by atoms with Gasteiger partial charge in [-0.05, 0) is 103 Å². The number of amides is 6. The fraction of sp³-hybridized carbons (Fsp3) is 0.577. The maximum absolute atomic E-state index is 14.3. The number of nitrogens with zero attached hydrogens (tertiary/aromatic N) is 4. The molecule has 4 N–H and O–H groups in total. The van der Waals surface area contributed by atoms with Crippen molar-refractivity contribution in [1.82, 2.24) is 40.9 Å². The van der Waals surface area contributed by atoms with Crippen LogP contribution in [0.25, 0.3) is 0 Å². The molecule has 4 aliphatic heterocycles. The van der Waals surface area contributed by atoms with Gasteiger partial charge in [-0.15, -0.1) is 0 Å². The summed E-state index contributed by atoms with van der Waals surface area (Å²) in [6, 6.07) is 15.7. The molecule has 4 fully saturated rings. The van der Waals surface area contributed by atoms with Gasteiger partial charge in [0.2, 0.25) is 23.6 Å². The van der Waals surface area contributed by atoms with Crippen LogP contribution in [-0.2, 0) is 51.0 Å². The molecule has 4 saturated heterocycles. The summed E-state index contributed by atoms with van der Waals surface area (Å²) in [5.41, 5.74) is 2.17. The van der Waals surface area contributed by atoms with Gasteiger partial charge in [0, 0.05) is 38.3 Å². The molecule has 6 amide bonds. The van der Waals surface area contributed by atoms with Gasteiger partial charge in [-0.1, -0.05) is 72.5 Å². The van der Waals surface area contributed by atoms with E-state index < -0.39 is 48.6 Å². The number of likely N-dealkylation sites (N-methyl/N-ethyl adjacent to an activating group) is 2. The fourth-order valence-electron chi connectivity index (χ4n) is 9.26. The molecule has 70 heavy (non-hydrogen) atoms. The second-order valence-corrected chi connectivity index (χ2v) is 18.4. The van der Waals surface area contributed by atoms with Crippen LogP contribution >= 0.6 is 0 Å². The molecule has 10 atom stereocenters. The number of hydrogen-bond acceptors (Lipinski definition) is 12. The van der Waals surface area contributed by atoms with Gasteiger partial charge in [-0.2, -0.15) is 0 Å². The van der Waals surface area contributed by atoms with Crippen LogP contribution in [0.5, 0.6) is 0 Å². The number of likely N-dealkylation sites (tertiary alicyclic amines) is 2. The van der Waals surface area contributed by atoms with Crippen molar-refractivity contribution in [3.63, 3.8) is 0 Å². The van der Waals surface area contributed by atoms with Gasteiger partial charge in [0.05, 0.1) is 36.4 Å². The fourth-order valence-corrected chi connectivity index (χ4v) is 9.26. The first-order valence-corrected chi connectivity index (χ1v) is 24.5. The lowest BCUT2D eigenvalue weighted by Gasteiger charge is -2.34. The Labute approximate surface area is 412 Å². The Morgan fingerprint density at radius 3 is 1.37 bits per heavy atom. The molecule has 0 aliphatic carbocycles. The largest absolute Gasteiger partial charge is 0.447 e. The second kappa shape index (κ2) is 26.1. The number of cyclic esters (lactones) is 2. The van der Waals surface area contributed by atoms with E-state index in [4.69, 9.17) is 18.9 Å². The summed E-state index contributed by atoms with van der Waals surface area (Å²) >= 11 is 0. The zero-order valence-corrected chi connectivity index (χ0v) is 41.3. The number of hydrogen-bond donors (Lipinski definition) is 4. The molecule has 0 bridgehead atoms. The Kier molecular flexibility index (Phi) is 19.9. The Bertz CT molecular complexity index is 2070. The van der Waals surface area contributed by atoms with Crippen LogP contribution in [0.4, 0.5) is 9.59 Å². The molecule has 0 unspecified atom stereocenters. The van der Waals surface area contributed by atoms with Crippen molar-refractivity contribution in [3.05, 3.63) is 71.8 Å². The van der Waals surface area contributed by atoms with Crippen molar-refractivity contribution in [2.24, 2.45) is 0 Å². The van der Waals surface area contributed by atoms with Crippen LogP contribution in [0.2, 0.25) is 0 Å². The molecule has 4 aliphatic rings. The van der Waals surface area contributed by atoms with E-state index in [0.29, 0.717) is 51.9 Å². The summed E-state index contributed by atoms with van der Waals surface area (Å²) in [7, 11) is 3.32. The van der Waals surface area contributed by atoms with Crippen LogP contribution in [0.1, 0.15) is 64.5 Å². The Morgan fingerprint density at radius 2 is 1.00 bits per heavy atom. The standard InChI is InChI=1S/C52H70N8O10/c1-35(53-5)47(61)55-45(49(63)57-25-17-23-41(57)31-59-43(33-69-51(59)65)29-39-19-11-9-12-20-39)37(3)67-27-15-7-8-16-28-68-38(4)46(56-48(62)36(2)54-6)50(64)58-26-18-24-42(58)32-60-44(34-70-52(60)66)30-40-21-13-10-14-22-40/h9-14,19-22,35-38,41-46,53-54H,17-18,23-34H2,1-6H3,(H,55,61)(H,56,62)/t35-,36-,37+,38+,41-,42-,43-,44-,45-,46-/m0/s1. The SMILES string of the molecule is CN[C@@H](C)C(=O)N[C@H](C(=O)N1CCC[C@H]1CN1C(=O)OC[C@@H]1Cc1ccccc1)[C@@H](C)OCC#CC#CCO[C@H](C)[C@H](NC(=O)[C@H](C)NC)C(=O)N1CCC[C@H]1CN1C(=O)OC[C@@H]1Cc1ccccc1. The minimum absolute atomic E-state index is 0.0933. The highest BCUT2D eigenvalue weighted by atomic mass is 16.6. The van der Waals surface area contributed by atoms with E-state index in [2.05, 4.69) is 44.9 Å². The van der Waals surface area contributed by atoms with E-state index in [9.17, 15) is 28.8 Å². The van der Waals surface area contributed by atoms with Crippen molar-refractivity contribution in [2.45, 2.75) is 127 Å². The molecule has 2 aromatic rings. The van der Waals surface area contributed by atoms with Crippen LogP contribution in [0, 0.1) is 23.7 Å². The lowest BCUT2D eigenvalue weighted by molar-refractivity contribution is -0.141. The second-order valence-electron chi connectivity index (χ2n) is 18.4. The highest BCUT2D eigenvalue weighted by Gasteiger charge is 2.43. The van der Waals surface area contributed by atoms with Gasteiger partial charge in [0.15, 0.2) is 0 Å². The van der Waals surface area contributed by atoms with Crippen molar-refractivity contribution < 1.29 is 47.7 Å². The van der Waals surface area contributed by atoms with Crippen LogP contribution in [0.15, 0.2) is 60.7 Å². The summed E-state index contributed by atoms with van der Waals surface area (Å²) < 4.78 is 22.9. The molecule has 0 saturated carbocycles. The van der Waals surface area contributed by atoms with Crippen LogP contribution < -0.4 is 21.3 Å². The first kappa shape index (κ1) is 53.2. The molecule has 6 rings (SSSR count). The minimum atomic E-state index is -1.03. The number of rotatable bonds is 22. The minimum Gasteiger partial charge on any atom is -0.447 e. The van der Waals surface area contributed by atoms with Crippen molar-refractivity contribution in [1.29, 1.82) is 0 Å². The quantitative estimate of drug-likeness (QED) is 0.126. The normalized spacial score (nSPS) is 22.4. The third kappa shape index (κ3) is 14.2. The zero-order valence-electron chi connectivity index (χ0n) is 41.3. The van der Waals surface area contributed by atoms with Gasteiger partial charge in [0.25, 0.3) is 0 Å². The third-order valence-electron chi connectivity index (χ3n) is 13.7. The lowest BCUT2D eigenvalue weighted by Crippen LogP contribution is -2.59. The first-order chi connectivity index (χ1) is 33.8. The molecule has 4 heterocycles. The van der Waals surface area contributed by atoms with E-state index in [1.165, 1.54) is 0 Å². The van der Waals surface area contributed by atoms with Crippen molar-refractivity contribution >= 4 is 35.8 Å². The number of benzene rings is 2. The van der Waals surface area contributed by atoms with Crippen molar-refractivity contribution in [3.8, 4) is 23.7 Å². The average molecular weight is 967 g/mol. The molecule has 378 valence electrons. The summed E-state index contributed by atoms with van der Waals surface area (Å²) in [6.07, 6.45) is 1.77. The number of carbonyl (C=O) groups excluding carboxylic acids is 6. The summed E-state index contributed by atoms with van der Waals surface area (Å²) in [4.78, 5) is 87.6. The molecule has 2 aromatic carbocycles. The van der Waals surface area contributed by atoms with Crippen LogP contribution in [0.3, 0.4) is 0 Å². The summed E-state index contributed by atoms with van der Waals surface area (Å²) in [5.74, 6) is 9.81.